The van der Waals surface area contributed by atoms with Gasteiger partial charge >= 0.3 is 0 Å². The van der Waals surface area contributed by atoms with Crippen LogP contribution >= 0.6 is 27.3 Å². The summed E-state index contributed by atoms with van der Waals surface area (Å²) in [5, 5.41) is 4.28. The summed E-state index contributed by atoms with van der Waals surface area (Å²) in [5.41, 5.74) is 3.20. The number of thiazole rings is 1. The first-order valence-electron chi connectivity index (χ1n) is 5.71. The lowest BCUT2D eigenvalue weighted by Crippen LogP contribution is -2.32. The third-order valence-electron chi connectivity index (χ3n) is 3.26. The van der Waals surface area contributed by atoms with Gasteiger partial charge in [-0.05, 0) is 28.1 Å². The van der Waals surface area contributed by atoms with Crippen molar-refractivity contribution in [2.75, 3.05) is 11.4 Å². The number of rotatable bonds is 2. The van der Waals surface area contributed by atoms with E-state index >= 15 is 0 Å². The maximum absolute atomic E-state index is 12.0. The van der Waals surface area contributed by atoms with E-state index < -0.39 is 15.3 Å². The largest absolute Gasteiger partial charge is 0.310 e. The van der Waals surface area contributed by atoms with Gasteiger partial charge in [0.2, 0.25) is 15.9 Å². The molecule has 1 amide bonds. The average Bonchev–Trinajstić information content (AvgIpc) is 2.96. The first-order valence-corrected chi connectivity index (χ1v) is 9.00. The minimum Gasteiger partial charge on any atom is -0.310 e. The van der Waals surface area contributed by atoms with E-state index in [4.69, 9.17) is 5.14 Å². The molecular formula is C11H10BrN3O3S2. The Morgan fingerprint density at radius 1 is 1.45 bits per heavy atom. The molecule has 0 aliphatic carbocycles. The maximum atomic E-state index is 12.0. The topological polar surface area (TPSA) is 93.4 Å². The van der Waals surface area contributed by atoms with Gasteiger partial charge in [0.05, 0.1) is 25.9 Å². The number of carbonyl (C=O) groups excluding carboxylic acids is 1. The van der Waals surface area contributed by atoms with E-state index in [0.29, 0.717) is 5.69 Å². The molecule has 3 rings (SSSR count). The number of hydrogen-bond donors (Lipinski definition) is 1. The van der Waals surface area contributed by atoms with Gasteiger partial charge in [-0.25, -0.2) is 18.5 Å². The molecule has 9 heteroatoms. The number of nitrogens with zero attached hydrogens (tertiary/aromatic N) is 2. The van der Waals surface area contributed by atoms with Crippen LogP contribution in [0, 0.1) is 0 Å². The molecule has 1 unspecified atom stereocenters. The highest BCUT2D eigenvalue weighted by Crippen LogP contribution is 2.37. The van der Waals surface area contributed by atoms with Crippen LogP contribution in [0.4, 0.5) is 5.69 Å². The first-order chi connectivity index (χ1) is 9.38. The van der Waals surface area contributed by atoms with Crippen LogP contribution in [0.3, 0.4) is 0 Å². The normalized spacial score (nSPS) is 20.0. The molecule has 0 radical (unpaired) electrons. The Hall–Kier alpha value is -1.03. The van der Waals surface area contributed by atoms with Gasteiger partial charge in [0, 0.05) is 13.0 Å². The van der Waals surface area contributed by atoms with E-state index in [1.807, 2.05) is 6.07 Å². The molecular weight excluding hydrogens is 366 g/mol. The Bertz CT molecular complexity index is 802. The summed E-state index contributed by atoms with van der Waals surface area (Å²) in [7, 11) is -3.71. The second-order valence-corrected chi connectivity index (χ2v) is 8.01. The van der Waals surface area contributed by atoms with Gasteiger partial charge in [-0.1, -0.05) is 0 Å². The standard InChI is InChI=1S/C11H10BrN3O3S2/c12-10-8(2-1-7-11(10)19-5-14-7)15-4-6(3-9(15)16)20(13,17)18/h1-2,5-6H,3-4H2,(H2,13,17,18). The molecule has 1 aliphatic rings. The van der Waals surface area contributed by atoms with Crippen molar-refractivity contribution in [3.05, 3.63) is 22.1 Å². The van der Waals surface area contributed by atoms with Crippen molar-refractivity contribution in [3.63, 3.8) is 0 Å². The number of fused-ring (bicyclic) bond motifs is 1. The summed E-state index contributed by atoms with van der Waals surface area (Å²) in [5.74, 6) is -0.242. The number of hydrogen-bond acceptors (Lipinski definition) is 5. The van der Waals surface area contributed by atoms with Crippen molar-refractivity contribution in [3.8, 4) is 0 Å². The van der Waals surface area contributed by atoms with Crippen LogP contribution in [0.1, 0.15) is 6.42 Å². The van der Waals surface area contributed by atoms with Gasteiger partial charge in [0.25, 0.3) is 0 Å². The third kappa shape index (κ3) is 2.24. The molecule has 1 aliphatic heterocycles. The summed E-state index contributed by atoms with van der Waals surface area (Å²) in [4.78, 5) is 17.7. The highest BCUT2D eigenvalue weighted by Gasteiger charge is 2.38. The fourth-order valence-corrected chi connectivity index (χ4v) is 4.50. The molecule has 6 nitrogen and oxygen atoms in total. The molecule has 1 fully saturated rings. The van der Waals surface area contributed by atoms with Crippen LogP contribution in [0.2, 0.25) is 0 Å². The van der Waals surface area contributed by atoms with Gasteiger partial charge < -0.3 is 4.90 Å². The second-order valence-electron chi connectivity index (χ2n) is 4.52. The van der Waals surface area contributed by atoms with Gasteiger partial charge in [0.1, 0.15) is 5.25 Å². The molecule has 1 atom stereocenters. The van der Waals surface area contributed by atoms with Crippen molar-refractivity contribution >= 4 is 59.1 Å². The Kier molecular flexibility index (Phi) is 3.32. The second kappa shape index (κ2) is 4.76. The zero-order valence-electron chi connectivity index (χ0n) is 10.1. The van der Waals surface area contributed by atoms with E-state index in [2.05, 4.69) is 20.9 Å². The van der Waals surface area contributed by atoms with Crippen LogP contribution in [-0.2, 0) is 14.8 Å². The highest BCUT2D eigenvalue weighted by atomic mass is 79.9. The number of amides is 1. The van der Waals surface area contributed by atoms with Crippen LogP contribution in [0.5, 0.6) is 0 Å². The lowest BCUT2D eigenvalue weighted by atomic mass is 10.3. The van der Waals surface area contributed by atoms with E-state index in [9.17, 15) is 13.2 Å². The fourth-order valence-electron chi connectivity index (χ4n) is 2.22. The lowest BCUT2D eigenvalue weighted by Gasteiger charge is -2.18. The van der Waals surface area contributed by atoms with Crippen LogP contribution < -0.4 is 10.0 Å². The van der Waals surface area contributed by atoms with E-state index in [0.717, 1.165) is 14.7 Å². The SMILES string of the molecule is NS(=O)(=O)C1CC(=O)N(c2ccc3ncsc3c2Br)C1. The predicted molar refractivity (Wildman–Crippen MR) is 81.2 cm³/mol. The molecule has 0 saturated carbocycles. The van der Waals surface area contributed by atoms with Gasteiger partial charge in [0.15, 0.2) is 0 Å². The molecule has 1 saturated heterocycles. The van der Waals surface area contributed by atoms with Crippen LogP contribution in [-0.4, -0.2) is 31.1 Å². The van der Waals surface area contributed by atoms with E-state index in [1.165, 1.54) is 16.2 Å². The summed E-state index contributed by atoms with van der Waals surface area (Å²) >= 11 is 4.92. The van der Waals surface area contributed by atoms with Gasteiger partial charge in [-0.15, -0.1) is 11.3 Å². The number of benzene rings is 1. The maximum Gasteiger partial charge on any atom is 0.228 e. The average molecular weight is 376 g/mol. The molecule has 0 spiro atoms. The minimum atomic E-state index is -3.71. The van der Waals surface area contributed by atoms with Crippen LogP contribution in [0.15, 0.2) is 22.1 Å². The number of carbonyl (C=O) groups is 1. The van der Waals surface area contributed by atoms with Gasteiger partial charge in [-0.3, -0.25) is 4.79 Å². The molecule has 20 heavy (non-hydrogen) atoms. The Morgan fingerprint density at radius 2 is 2.20 bits per heavy atom. The van der Waals surface area contributed by atoms with Gasteiger partial charge in [-0.2, -0.15) is 0 Å². The quantitative estimate of drug-likeness (QED) is 0.859. The number of primary sulfonamides is 1. The molecule has 2 heterocycles. The number of aromatic nitrogens is 1. The first kappa shape index (κ1) is 13.9. The summed E-state index contributed by atoms with van der Waals surface area (Å²) in [6.45, 7) is 0.0839. The summed E-state index contributed by atoms with van der Waals surface area (Å²) < 4.78 is 24.5. The van der Waals surface area contributed by atoms with Crippen molar-refractivity contribution in [2.45, 2.75) is 11.7 Å². The van der Waals surface area contributed by atoms with Crippen molar-refractivity contribution in [1.29, 1.82) is 0 Å². The van der Waals surface area contributed by atoms with Crippen LogP contribution in [0.25, 0.3) is 10.2 Å². The summed E-state index contributed by atoms with van der Waals surface area (Å²) in [6, 6.07) is 3.57. The molecule has 0 bridgehead atoms. The Labute approximate surface area is 127 Å². The third-order valence-corrected chi connectivity index (χ3v) is 6.43. The molecule has 1 aromatic heterocycles. The molecule has 106 valence electrons. The monoisotopic (exact) mass is 375 g/mol. The highest BCUT2D eigenvalue weighted by molar-refractivity contribution is 9.10. The van der Waals surface area contributed by atoms with Crippen molar-refractivity contribution < 1.29 is 13.2 Å². The minimum absolute atomic E-state index is 0.0774. The van der Waals surface area contributed by atoms with Crippen molar-refractivity contribution in [1.82, 2.24) is 4.98 Å². The number of halogens is 1. The Balaban J connectivity index is 2.03. The number of anilines is 1. The van der Waals surface area contributed by atoms with E-state index in [-0.39, 0.29) is 18.9 Å². The lowest BCUT2D eigenvalue weighted by molar-refractivity contribution is -0.117. The number of sulfonamides is 1. The summed E-state index contributed by atoms with van der Waals surface area (Å²) in [6.07, 6.45) is -0.0774. The smallest absolute Gasteiger partial charge is 0.228 e. The van der Waals surface area contributed by atoms with Crippen molar-refractivity contribution in [2.24, 2.45) is 5.14 Å². The molecule has 1 aromatic carbocycles. The zero-order valence-corrected chi connectivity index (χ0v) is 13.3. The fraction of sp³-hybridized carbons (Fsp3) is 0.273. The predicted octanol–water partition coefficient (Wildman–Crippen LogP) is 1.45. The zero-order chi connectivity index (χ0) is 14.5. The Morgan fingerprint density at radius 3 is 2.85 bits per heavy atom. The molecule has 2 N–H and O–H groups in total. The molecule has 2 aromatic rings. The van der Waals surface area contributed by atoms with E-state index in [1.54, 1.807) is 11.6 Å². The number of nitrogens with two attached hydrogens (primary N) is 1.